The summed E-state index contributed by atoms with van der Waals surface area (Å²) in [6, 6.07) is 18.0. The van der Waals surface area contributed by atoms with Crippen LogP contribution < -0.4 is 4.74 Å². The van der Waals surface area contributed by atoms with Gasteiger partial charge in [-0.3, -0.25) is 4.90 Å². The minimum absolute atomic E-state index is 0.0940. The van der Waals surface area contributed by atoms with Gasteiger partial charge in [0.25, 0.3) is 0 Å². The molecule has 2 aromatic carbocycles. The Balaban J connectivity index is 1.28. The second kappa shape index (κ2) is 9.56. The van der Waals surface area contributed by atoms with Crippen molar-refractivity contribution in [3.05, 3.63) is 65.2 Å². The van der Waals surface area contributed by atoms with E-state index in [-0.39, 0.29) is 11.0 Å². The number of rotatable bonds is 9. The molecule has 1 saturated heterocycles. The lowest BCUT2D eigenvalue weighted by Gasteiger charge is -2.45. The highest BCUT2D eigenvalue weighted by atomic mass is 32.2. The van der Waals surface area contributed by atoms with Crippen molar-refractivity contribution in [1.29, 1.82) is 0 Å². The molecule has 0 aromatic heterocycles. The van der Waals surface area contributed by atoms with E-state index in [4.69, 9.17) is 4.74 Å². The molecule has 0 bridgehead atoms. The first kappa shape index (κ1) is 22.0. The van der Waals surface area contributed by atoms with E-state index in [1.807, 2.05) is 0 Å². The Hall–Kier alpha value is -1.85. The molecule has 2 aromatic rings. The molecule has 2 atom stereocenters. The average molecular weight is 454 g/mol. The highest BCUT2D eigenvalue weighted by Crippen LogP contribution is 2.40. The third kappa shape index (κ3) is 4.74. The van der Waals surface area contributed by atoms with E-state index in [0.29, 0.717) is 25.0 Å². The van der Waals surface area contributed by atoms with Crippen LogP contribution in [0, 0.1) is 0 Å². The Kier molecular flexibility index (Phi) is 6.56. The van der Waals surface area contributed by atoms with E-state index >= 15 is 0 Å². The van der Waals surface area contributed by atoms with Crippen molar-refractivity contribution in [2.45, 2.75) is 68.6 Å². The van der Waals surface area contributed by atoms with Crippen molar-refractivity contribution >= 4 is 9.84 Å². The molecule has 4 nitrogen and oxygen atoms in total. The van der Waals surface area contributed by atoms with Gasteiger partial charge >= 0.3 is 0 Å². The molecule has 2 fully saturated rings. The summed E-state index contributed by atoms with van der Waals surface area (Å²) < 4.78 is 30.7. The summed E-state index contributed by atoms with van der Waals surface area (Å²) in [6.45, 7) is 2.90. The first-order chi connectivity index (χ1) is 15.6. The second-order valence-corrected chi connectivity index (χ2v) is 12.2. The van der Waals surface area contributed by atoms with Gasteiger partial charge < -0.3 is 4.74 Å². The number of fused-ring (bicyclic) bond motifs is 1. The molecule has 0 spiro atoms. The molecule has 172 valence electrons. The number of hydrogen-bond acceptors (Lipinski definition) is 4. The van der Waals surface area contributed by atoms with Gasteiger partial charge in [0, 0.05) is 12.0 Å². The lowest BCUT2D eigenvalue weighted by atomic mass is 9.75. The molecular weight excluding hydrogens is 418 g/mol. The van der Waals surface area contributed by atoms with Gasteiger partial charge in [-0.05, 0) is 86.9 Å². The van der Waals surface area contributed by atoms with E-state index in [0.717, 1.165) is 37.9 Å². The smallest absolute Gasteiger partial charge is 0.153 e. The fraction of sp³-hybridized carbons (Fsp3) is 0.556. The van der Waals surface area contributed by atoms with Gasteiger partial charge in [-0.15, -0.1) is 0 Å². The summed E-state index contributed by atoms with van der Waals surface area (Å²) >= 11 is 0. The van der Waals surface area contributed by atoms with E-state index in [2.05, 4.69) is 53.4 Å². The zero-order valence-electron chi connectivity index (χ0n) is 18.9. The van der Waals surface area contributed by atoms with E-state index < -0.39 is 9.84 Å². The first-order valence-electron chi connectivity index (χ1n) is 12.4. The summed E-state index contributed by atoms with van der Waals surface area (Å²) in [4.78, 5) is 2.66. The van der Waals surface area contributed by atoms with Crippen LogP contribution in [-0.2, 0) is 22.7 Å². The number of likely N-dealkylation sites (tertiary alicyclic amines) is 1. The van der Waals surface area contributed by atoms with Crippen molar-refractivity contribution in [2.75, 3.05) is 25.4 Å². The number of benzene rings is 2. The quantitative estimate of drug-likeness (QED) is 0.513. The first-order valence-corrected chi connectivity index (χ1v) is 14.1. The molecule has 0 N–H and O–H groups in total. The molecule has 5 heteroatoms. The monoisotopic (exact) mass is 453 g/mol. The van der Waals surface area contributed by atoms with Crippen LogP contribution in [0.25, 0.3) is 0 Å². The Morgan fingerprint density at radius 1 is 0.969 bits per heavy atom. The molecule has 5 rings (SSSR count). The highest BCUT2D eigenvalue weighted by molar-refractivity contribution is 7.92. The van der Waals surface area contributed by atoms with Crippen LogP contribution in [0.15, 0.2) is 48.5 Å². The Labute approximate surface area is 192 Å². The molecule has 1 saturated carbocycles. The molecule has 1 heterocycles. The van der Waals surface area contributed by atoms with Crippen molar-refractivity contribution in [3.8, 4) is 5.75 Å². The van der Waals surface area contributed by atoms with Crippen molar-refractivity contribution in [1.82, 2.24) is 4.90 Å². The molecule has 32 heavy (non-hydrogen) atoms. The van der Waals surface area contributed by atoms with E-state index in [1.165, 1.54) is 42.6 Å². The lowest BCUT2D eigenvalue weighted by Crippen LogP contribution is -2.49. The number of sulfone groups is 1. The van der Waals surface area contributed by atoms with Crippen LogP contribution in [0.3, 0.4) is 0 Å². The average Bonchev–Trinajstić information content (AvgIpc) is 2.71. The van der Waals surface area contributed by atoms with Crippen LogP contribution >= 0.6 is 0 Å². The fourth-order valence-electron chi connectivity index (χ4n) is 5.52. The van der Waals surface area contributed by atoms with Crippen molar-refractivity contribution in [2.24, 2.45) is 0 Å². The topological polar surface area (TPSA) is 46.6 Å². The van der Waals surface area contributed by atoms with E-state index in [9.17, 15) is 8.42 Å². The zero-order chi connectivity index (χ0) is 22.0. The zero-order valence-corrected chi connectivity index (χ0v) is 19.7. The minimum Gasteiger partial charge on any atom is -0.494 e. The summed E-state index contributed by atoms with van der Waals surface area (Å²) in [6.07, 6.45) is 8.03. The fourth-order valence-corrected chi connectivity index (χ4v) is 7.42. The van der Waals surface area contributed by atoms with Crippen LogP contribution in [0.4, 0.5) is 0 Å². The minimum atomic E-state index is -2.93. The SMILES string of the molecule is O=S(=O)(CCCOc1ccc2c(c1)C(Cc1ccccc1)C(N1CCC1)CC2)C1CCC1. The standard InChI is InChI=1S/C27H35NO3S/c29-32(30,24-9-4-10-24)18-6-17-31-23-13-11-22-12-14-27(28-15-5-16-28)26(25(22)20-23)19-21-7-2-1-3-8-21/h1-3,7-8,11,13,20,24,26-27H,4-6,9-10,12,14-19H2. The summed E-state index contributed by atoms with van der Waals surface area (Å²) in [7, 11) is -2.93. The summed E-state index contributed by atoms with van der Waals surface area (Å²) in [5.74, 6) is 1.60. The van der Waals surface area contributed by atoms with Crippen molar-refractivity contribution < 1.29 is 13.2 Å². The number of aryl methyl sites for hydroxylation is 1. The van der Waals surface area contributed by atoms with E-state index in [1.54, 1.807) is 0 Å². The van der Waals surface area contributed by atoms with Crippen LogP contribution in [-0.4, -0.2) is 50.1 Å². The number of ether oxygens (including phenoxy) is 1. The molecule has 2 unspecified atom stereocenters. The van der Waals surface area contributed by atoms with Gasteiger partial charge in [-0.2, -0.15) is 0 Å². The van der Waals surface area contributed by atoms with Crippen LogP contribution in [0.2, 0.25) is 0 Å². The molecular formula is C27H35NO3S. The normalized spacial score (nSPS) is 23.8. The Morgan fingerprint density at radius 3 is 2.47 bits per heavy atom. The molecule has 0 amide bonds. The Bertz CT molecular complexity index is 1010. The summed E-state index contributed by atoms with van der Waals surface area (Å²) in [5, 5.41) is -0.0940. The van der Waals surface area contributed by atoms with Gasteiger partial charge in [0.2, 0.25) is 0 Å². The van der Waals surface area contributed by atoms with Gasteiger partial charge in [-0.25, -0.2) is 8.42 Å². The van der Waals surface area contributed by atoms with Gasteiger partial charge in [0.15, 0.2) is 9.84 Å². The molecule has 0 radical (unpaired) electrons. The predicted octanol–water partition coefficient (Wildman–Crippen LogP) is 4.77. The third-order valence-electron chi connectivity index (χ3n) is 7.75. The highest BCUT2D eigenvalue weighted by Gasteiger charge is 2.36. The maximum absolute atomic E-state index is 12.3. The van der Waals surface area contributed by atoms with Crippen LogP contribution in [0.1, 0.15) is 61.1 Å². The van der Waals surface area contributed by atoms with Gasteiger partial charge in [0.1, 0.15) is 5.75 Å². The van der Waals surface area contributed by atoms with Gasteiger partial charge in [0.05, 0.1) is 17.6 Å². The lowest BCUT2D eigenvalue weighted by molar-refractivity contribution is 0.0876. The second-order valence-electron chi connectivity index (χ2n) is 9.77. The Morgan fingerprint density at radius 2 is 1.78 bits per heavy atom. The van der Waals surface area contributed by atoms with Gasteiger partial charge in [-0.1, -0.05) is 42.8 Å². The summed E-state index contributed by atoms with van der Waals surface area (Å²) in [5.41, 5.74) is 4.27. The number of nitrogens with zero attached hydrogens (tertiary/aromatic N) is 1. The molecule has 1 aliphatic heterocycles. The third-order valence-corrected chi connectivity index (χ3v) is 10.1. The van der Waals surface area contributed by atoms with Crippen molar-refractivity contribution in [3.63, 3.8) is 0 Å². The molecule has 3 aliphatic rings. The van der Waals surface area contributed by atoms with Crippen LogP contribution in [0.5, 0.6) is 5.75 Å². The number of hydrogen-bond donors (Lipinski definition) is 0. The predicted molar refractivity (Wildman–Crippen MR) is 129 cm³/mol. The largest absolute Gasteiger partial charge is 0.494 e. The maximum Gasteiger partial charge on any atom is 0.153 e. The molecule has 2 aliphatic carbocycles. The maximum atomic E-state index is 12.3.